The van der Waals surface area contributed by atoms with Crippen molar-refractivity contribution < 1.29 is 38.1 Å². The topological polar surface area (TPSA) is 108 Å². The Morgan fingerprint density at radius 3 is 2.36 bits per heavy atom. The van der Waals surface area contributed by atoms with E-state index in [-0.39, 0.29) is 23.0 Å². The Balaban J connectivity index is 1.75. The van der Waals surface area contributed by atoms with Gasteiger partial charge in [-0.25, -0.2) is 4.79 Å². The van der Waals surface area contributed by atoms with Gasteiger partial charge in [-0.15, -0.1) is 0 Å². The molecule has 0 saturated carbocycles. The Morgan fingerprint density at radius 2 is 1.73 bits per heavy atom. The summed E-state index contributed by atoms with van der Waals surface area (Å²) < 4.78 is 20.6. The molecule has 1 aliphatic rings. The Kier molecular flexibility index (Phi) is 7.73. The van der Waals surface area contributed by atoms with Crippen LogP contribution in [-0.2, 0) is 14.3 Å². The Labute approximate surface area is 194 Å². The van der Waals surface area contributed by atoms with Gasteiger partial charge < -0.3 is 18.9 Å². The molecule has 9 nitrogen and oxygen atoms in total. The molecule has 0 radical (unpaired) electrons. The first-order valence-electron chi connectivity index (χ1n) is 9.81. The molecule has 10 heteroatoms. The van der Waals surface area contributed by atoms with Crippen LogP contribution in [0.15, 0.2) is 47.4 Å². The maximum absolute atomic E-state index is 12.5. The van der Waals surface area contributed by atoms with Gasteiger partial charge in [0.15, 0.2) is 11.5 Å². The highest BCUT2D eigenvalue weighted by molar-refractivity contribution is 8.18. The summed E-state index contributed by atoms with van der Waals surface area (Å²) in [6, 6.07) is 11.1. The van der Waals surface area contributed by atoms with E-state index < -0.39 is 29.6 Å². The fraction of sp³-hybridized carbons (Fsp3) is 0.217. The zero-order valence-corrected chi connectivity index (χ0v) is 19.0. The lowest BCUT2D eigenvalue weighted by molar-refractivity contribution is -0.145. The minimum atomic E-state index is -0.661. The zero-order chi connectivity index (χ0) is 24.0. The summed E-state index contributed by atoms with van der Waals surface area (Å²) in [5, 5.41) is -0.559. The Morgan fingerprint density at radius 1 is 1.00 bits per heavy atom. The lowest BCUT2D eigenvalue weighted by atomic mass is 10.1. The van der Waals surface area contributed by atoms with Crippen molar-refractivity contribution in [2.45, 2.75) is 6.92 Å². The molecular formula is C23H21NO8S. The highest BCUT2D eigenvalue weighted by atomic mass is 32.2. The quantitative estimate of drug-likeness (QED) is 0.324. The largest absolute Gasteiger partial charge is 0.497 e. The molecule has 172 valence electrons. The monoisotopic (exact) mass is 471 g/mol. The van der Waals surface area contributed by atoms with Crippen LogP contribution in [0.5, 0.6) is 17.2 Å². The lowest BCUT2D eigenvalue weighted by Crippen LogP contribution is -2.34. The third-order valence-electron chi connectivity index (χ3n) is 4.48. The van der Waals surface area contributed by atoms with E-state index in [4.69, 9.17) is 18.9 Å². The highest BCUT2D eigenvalue weighted by Gasteiger charge is 2.36. The van der Waals surface area contributed by atoms with Crippen LogP contribution in [-0.4, -0.2) is 55.4 Å². The molecule has 33 heavy (non-hydrogen) atoms. The van der Waals surface area contributed by atoms with Crippen LogP contribution in [0.2, 0.25) is 0 Å². The number of esters is 2. The number of ether oxygens (including phenoxy) is 4. The molecular weight excluding hydrogens is 450 g/mol. The number of benzene rings is 2. The molecule has 0 spiro atoms. The first-order chi connectivity index (χ1) is 15.9. The minimum Gasteiger partial charge on any atom is -0.497 e. The predicted molar refractivity (Wildman–Crippen MR) is 120 cm³/mol. The van der Waals surface area contributed by atoms with Gasteiger partial charge in [0.1, 0.15) is 12.3 Å². The van der Waals surface area contributed by atoms with Gasteiger partial charge in [0.2, 0.25) is 0 Å². The van der Waals surface area contributed by atoms with E-state index in [1.54, 1.807) is 43.3 Å². The van der Waals surface area contributed by atoms with E-state index >= 15 is 0 Å². The van der Waals surface area contributed by atoms with Crippen LogP contribution < -0.4 is 14.2 Å². The van der Waals surface area contributed by atoms with Crippen LogP contribution in [0.4, 0.5) is 4.79 Å². The van der Waals surface area contributed by atoms with Crippen molar-refractivity contribution >= 4 is 40.9 Å². The van der Waals surface area contributed by atoms with E-state index in [0.29, 0.717) is 16.9 Å². The predicted octanol–water partition coefficient (Wildman–Crippen LogP) is 3.52. The molecule has 0 bridgehead atoms. The molecule has 0 aromatic heterocycles. The Bertz CT molecular complexity index is 1110. The van der Waals surface area contributed by atoms with Crippen molar-refractivity contribution in [3.63, 3.8) is 0 Å². The number of imide groups is 1. The van der Waals surface area contributed by atoms with Gasteiger partial charge in [0.05, 0.1) is 31.3 Å². The number of carbonyl (C=O) groups is 4. The summed E-state index contributed by atoms with van der Waals surface area (Å²) in [6.45, 7) is 1.34. The third-order valence-corrected chi connectivity index (χ3v) is 5.39. The van der Waals surface area contributed by atoms with Crippen LogP contribution >= 0.6 is 11.8 Å². The van der Waals surface area contributed by atoms with Gasteiger partial charge in [0.25, 0.3) is 11.1 Å². The molecule has 1 fully saturated rings. The molecule has 0 atom stereocenters. The molecule has 3 rings (SSSR count). The summed E-state index contributed by atoms with van der Waals surface area (Å²) >= 11 is 0.720. The number of hydrogen-bond donors (Lipinski definition) is 0. The number of thioether (sulfide) groups is 1. The summed E-state index contributed by atoms with van der Waals surface area (Å²) in [6.07, 6.45) is 1.49. The van der Waals surface area contributed by atoms with Gasteiger partial charge >= 0.3 is 11.9 Å². The minimum absolute atomic E-state index is 0.148. The number of rotatable bonds is 8. The van der Waals surface area contributed by atoms with Crippen molar-refractivity contribution in [2.75, 3.05) is 27.4 Å². The number of methoxy groups -OCH3 is 2. The van der Waals surface area contributed by atoms with Crippen molar-refractivity contribution in [3.05, 3.63) is 58.5 Å². The third kappa shape index (κ3) is 5.72. The summed E-state index contributed by atoms with van der Waals surface area (Å²) in [5.41, 5.74) is 0.870. The summed E-state index contributed by atoms with van der Waals surface area (Å²) in [5.74, 6) is -0.774. The second kappa shape index (κ2) is 10.7. The molecule has 1 heterocycles. The van der Waals surface area contributed by atoms with E-state index in [1.165, 1.54) is 26.4 Å². The molecule has 1 saturated heterocycles. The molecule has 2 aromatic carbocycles. The molecule has 2 amide bonds. The lowest BCUT2D eigenvalue weighted by Gasteiger charge is -2.11. The van der Waals surface area contributed by atoms with Crippen molar-refractivity contribution in [1.82, 2.24) is 4.90 Å². The molecule has 0 aliphatic carbocycles. The van der Waals surface area contributed by atoms with Gasteiger partial charge in [0, 0.05) is 0 Å². The van der Waals surface area contributed by atoms with Crippen molar-refractivity contribution in [1.29, 1.82) is 0 Å². The second-order valence-corrected chi connectivity index (χ2v) is 7.59. The van der Waals surface area contributed by atoms with Crippen LogP contribution in [0.1, 0.15) is 22.8 Å². The number of nitrogens with zero attached hydrogens (tertiary/aromatic N) is 1. The summed E-state index contributed by atoms with van der Waals surface area (Å²) in [7, 11) is 2.94. The first kappa shape index (κ1) is 23.9. The molecule has 0 N–H and O–H groups in total. The maximum Gasteiger partial charge on any atom is 0.343 e. The van der Waals surface area contributed by atoms with E-state index in [9.17, 15) is 19.2 Å². The average molecular weight is 471 g/mol. The first-order valence-corrected chi connectivity index (χ1v) is 10.6. The van der Waals surface area contributed by atoms with Crippen LogP contribution in [0, 0.1) is 0 Å². The highest BCUT2D eigenvalue weighted by Crippen LogP contribution is 2.34. The SMILES string of the molecule is CCOC(=O)CN1C(=O)S/C(=C\c2ccc(OC(=O)c3ccc(OC)cc3)c(OC)c2)C1=O. The second-order valence-electron chi connectivity index (χ2n) is 6.60. The van der Waals surface area contributed by atoms with Gasteiger partial charge in [-0.3, -0.25) is 19.3 Å². The number of carbonyl (C=O) groups excluding carboxylic acids is 4. The smallest absolute Gasteiger partial charge is 0.343 e. The van der Waals surface area contributed by atoms with Gasteiger partial charge in [-0.1, -0.05) is 6.07 Å². The zero-order valence-electron chi connectivity index (χ0n) is 18.2. The molecule has 1 aliphatic heterocycles. The summed E-state index contributed by atoms with van der Waals surface area (Å²) in [4.78, 5) is 49.7. The van der Waals surface area contributed by atoms with Crippen molar-refractivity contribution in [3.8, 4) is 17.2 Å². The van der Waals surface area contributed by atoms with E-state index in [0.717, 1.165) is 16.7 Å². The Hall–Kier alpha value is -3.79. The number of amides is 2. The van der Waals surface area contributed by atoms with E-state index in [1.807, 2.05) is 0 Å². The fourth-order valence-electron chi connectivity index (χ4n) is 2.87. The van der Waals surface area contributed by atoms with Crippen molar-refractivity contribution in [2.24, 2.45) is 0 Å². The van der Waals surface area contributed by atoms with Crippen LogP contribution in [0.3, 0.4) is 0 Å². The molecule has 2 aromatic rings. The van der Waals surface area contributed by atoms with Gasteiger partial charge in [-0.05, 0) is 66.7 Å². The van der Waals surface area contributed by atoms with Crippen LogP contribution in [0.25, 0.3) is 6.08 Å². The average Bonchev–Trinajstić information content (AvgIpc) is 3.07. The van der Waals surface area contributed by atoms with E-state index in [2.05, 4.69) is 0 Å². The molecule has 0 unspecified atom stereocenters. The fourth-order valence-corrected chi connectivity index (χ4v) is 3.71. The normalized spacial score (nSPS) is 14.4. The van der Waals surface area contributed by atoms with Gasteiger partial charge in [-0.2, -0.15) is 0 Å². The standard InChI is InChI=1S/C23H21NO8S/c1-4-31-20(25)13-24-21(26)19(33-23(24)28)12-14-5-10-17(18(11-14)30-3)32-22(27)15-6-8-16(29-2)9-7-15/h5-12H,4,13H2,1-3H3/b19-12-. The maximum atomic E-state index is 12.5. The number of hydrogen-bond acceptors (Lipinski definition) is 9.